The molecule has 152 valence electrons. The first-order valence-electron chi connectivity index (χ1n) is 9.53. The largest absolute Gasteiger partial charge is 0.398 e. The van der Waals surface area contributed by atoms with E-state index in [0.717, 1.165) is 11.3 Å². The van der Waals surface area contributed by atoms with E-state index in [1.54, 1.807) is 24.4 Å². The fourth-order valence-corrected chi connectivity index (χ4v) is 2.87. The third-order valence-corrected chi connectivity index (χ3v) is 4.57. The van der Waals surface area contributed by atoms with Crippen molar-refractivity contribution in [2.45, 2.75) is 26.2 Å². The Labute approximate surface area is 174 Å². The number of pyridine rings is 2. The van der Waals surface area contributed by atoms with E-state index in [4.69, 9.17) is 5.73 Å². The van der Waals surface area contributed by atoms with Crippen molar-refractivity contribution in [3.63, 3.8) is 0 Å². The van der Waals surface area contributed by atoms with Crippen molar-refractivity contribution in [3.8, 4) is 0 Å². The van der Waals surface area contributed by atoms with Gasteiger partial charge in [0.05, 0.1) is 0 Å². The Hall–Kier alpha value is -3.67. The number of anilines is 1. The number of hydrogen-bond acceptors (Lipinski definition) is 5. The minimum atomic E-state index is -0.440. The van der Waals surface area contributed by atoms with E-state index in [2.05, 4.69) is 9.97 Å². The van der Waals surface area contributed by atoms with Crippen LogP contribution in [0.1, 0.15) is 39.3 Å². The van der Waals surface area contributed by atoms with Crippen molar-refractivity contribution < 1.29 is 14.0 Å². The summed E-state index contributed by atoms with van der Waals surface area (Å²) in [4.78, 5) is 33.0. The van der Waals surface area contributed by atoms with Gasteiger partial charge < -0.3 is 5.73 Å². The second-order valence-corrected chi connectivity index (χ2v) is 7.04. The number of carbonyl (C=O) groups excluding carboxylic acids is 2. The minimum Gasteiger partial charge on any atom is -0.398 e. The zero-order valence-corrected chi connectivity index (χ0v) is 16.6. The summed E-state index contributed by atoms with van der Waals surface area (Å²) in [6, 6.07) is 11.1. The normalized spacial score (nSPS) is 11.0. The third-order valence-electron chi connectivity index (χ3n) is 4.57. The molecule has 0 spiro atoms. The van der Waals surface area contributed by atoms with E-state index >= 15 is 0 Å². The van der Waals surface area contributed by atoms with Gasteiger partial charge in [0.15, 0.2) is 5.78 Å². The van der Waals surface area contributed by atoms with Crippen LogP contribution in [0.4, 0.5) is 10.1 Å². The maximum atomic E-state index is 13.1. The van der Waals surface area contributed by atoms with Crippen LogP contribution in [0.25, 0.3) is 6.08 Å². The lowest BCUT2D eigenvalue weighted by atomic mass is 10.0. The average Bonchev–Trinajstić information content (AvgIpc) is 2.72. The van der Waals surface area contributed by atoms with Crippen LogP contribution < -0.4 is 5.73 Å². The first-order valence-corrected chi connectivity index (χ1v) is 9.53. The third kappa shape index (κ3) is 5.91. The fraction of sp³-hybridized carbons (Fsp3) is 0.167. The lowest BCUT2D eigenvalue weighted by molar-refractivity contribution is -0.117. The number of nitrogen functional groups attached to an aromatic ring is 1. The van der Waals surface area contributed by atoms with Gasteiger partial charge in [0, 0.05) is 54.3 Å². The lowest BCUT2D eigenvalue weighted by Crippen LogP contribution is -2.08. The van der Waals surface area contributed by atoms with E-state index in [1.165, 1.54) is 24.4 Å². The summed E-state index contributed by atoms with van der Waals surface area (Å²) in [6.07, 6.45) is 7.42. The highest BCUT2D eigenvalue weighted by atomic mass is 19.1. The number of carbonyl (C=O) groups is 2. The first-order chi connectivity index (χ1) is 14.4. The Morgan fingerprint density at radius 1 is 1.03 bits per heavy atom. The van der Waals surface area contributed by atoms with Gasteiger partial charge >= 0.3 is 0 Å². The number of aryl methyl sites for hydroxylation is 1. The molecule has 3 rings (SSSR count). The predicted octanol–water partition coefficient (Wildman–Crippen LogP) is 4.15. The Morgan fingerprint density at radius 2 is 1.87 bits per heavy atom. The number of halogens is 1. The molecule has 0 amide bonds. The van der Waals surface area contributed by atoms with Crippen molar-refractivity contribution in [1.82, 2.24) is 9.97 Å². The highest BCUT2D eigenvalue weighted by molar-refractivity contribution is 5.97. The van der Waals surface area contributed by atoms with Gasteiger partial charge in [-0.1, -0.05) is 24.3 Å². The number of hydrogen-bond donors (Lipinski definition) is 1. The standard InChI is InChI=1S/C24H22FN3O2/c1-16-5-6-17(14-27-16)3-2-4-22(29)13-21-10-8-19(15-28-21)24(30)11-18-7-9-20(25)12-23(18)26/h2-3,5-10,12,14-15H,4,11,13,26H2,1H3/b3-2+. The topological polar surface area (TPSA) is 85.9 Å². The Bertz CT molecular complexity index is 1070. The maximum absolute atomic E-state index is 13.1. The second-order valence-electron chi connectivity index (χ2n) is 7.04. The zero-order chi connectivity index (χ0) is 21.5. The van der Waals surface area contributed by atoms with Crippen molar-refractivity contribution >= 4 is 23.3 Å². The SMILES string of the molecule is Cc1ccc(/C=C/CC(=O)Cc2ccc(C(=O)Cc3ccc(F)cc3N)cn2)cn1. The van der Waals surface area contributed by atoms with Gasteiger partial charge in [-0.25, -0.2) is 4.39 Å². The molecule has 0 aliphatic heterocycles. The fourth-order valence-electron chi connectivity index (χ4n) is 2.87. The summed E-state index contributed by atoms with van der Waals surface area (Å²) in [6.45, 7) is 1.92. The van der Waals surface area contributed by atoms with Crippen LogP contribution in [0, 0.1) is 12.7 Å². The number of nitrogens with two attached hydrogens (primary N) is 1. The average molecular weight is 403 g/mol. The van der Waals surface area contributed by atoms with Crippen LogP contribution in [0.2, 0.25) is 0 Å². The summed E-state index contributed by atoms with van der Waals surface area (Å²) in [5.41, 5.74) is 9.47. The van der Waals surface area contributed by atoms with Crippen LogP contribution in [0.15, 0.2) is 60.9 Å². The number of rotatable bonds is 8. The number of aromatic nitrogens is 2. The van der Waals surface area contributed by atoms with Gasteiger partial charge in [-0.3, -0.25) is 19.6 Å². The molecule has 2 heterocycles. The van der Waals surface area contributed by atoms with E-state index < -0.39 is 5.82 Å². The van der Waals surface area contributed by atoms with E-state index in [-0.39, 0.29) is 30.1 Å². The molecule has 5 nitrogen and oxygen atoms in total. The number of Topliss-reactive ketones (excluding diaryl/α,β-unsaturated/α-hetero) is 2. The molecule has 2 aromatic heterocycles. The number of allylic oxidation sites excluding steroid dienone is 1. The van der Waals surface area contributed by atoms with Crippen molar-refractivity contribution in [2.24, 2.45) is 0 Å². The van der Waals surface area contributed by atoms with E-state index in [1.807, 2.05) is 25.1 Å². The van der Waals surface area contributed by atoms with Crippen LogP contribution in [0.3, 0.4) is 0 Å². The Kier molecular flexibility index (Phi) is 6.80. The smallest absolute Gasteiger partial charge is 0.168 e. The summed E-state index contributed by atoms with van der Waals surface area (Å²) in [7, 11) is 0. The molecule has 2 N–H and O–H groups in total. The molecule has 0 bridgehead atoms. The molecule has 0 atom stereocenters. The zero-order valence-electron chi connectivity index (χ0n) is 16.6. The molecular weight excluding hydrogens is 381 g/mol. The Balaban J connectivity index is 1.53. The molecule has 0 aliphatic carbocycles. The Morgan fingerprint density at radius 3 is 2.53 bits per heavy atom. The van der Waals surface area contributed by atoms with E-state index in [0.29, 0.717) is 23.2 Å². The molecule has 0 aliphatic rings. The molecule has 0 fully saturated rings. The summed E-state index contributed by atoms with van der Waals surface area (Å²) in [5.74, 6) is -0.588. The van der Waals surface area contributed by atoms with Crippen LogP contribution in [0.5, 0.6) is 0 Å². The van der Waals surface area contributed by atoms with Gasteiger partial charge in [-0.15, -0.1) is 0 Å². The first kappa shape index (κ1) is 21.0. The summed E-state index contributed by atoms with van der Waals surface area (Å²) < 4.78 is 13.1. The lowest BCUT2D eigenvalue weighted by Gasteiger charge is -2.06. The van der Waals surface area contributed by atoms with Crippen molar-refractivity contribution in [1.29, 1.82) is 0 Å². The molecule has 6 heteroatoms. The van der Waals surface area contributed by atoms with Crippen LogP contribution in [-0.4, -0.2) is 21.5 Å². The van der Waals surface area contributed by atoms with Gasteiger partial charge in [-0.2, -0.15) is 0 Å². The highest BCUT2D eigenvalue weighted by Gasteiger charge is 2.11. The van der Waals surface area contributed by atoms with E-state index in [9.17, 15) is 14.0 Å². The number of ketones is 2. The van der Waals surface area contributed by atoms with Gasteiger partial charge in [0.1, 0.15) is 11.6 Å². The molecule has 30 heavy (non-hydrogen) atoms. The monoisotopic (exact) mass is 403 g/mol. The van der Waals surface area contributed by atoms with Crippen molar-refractivity contribution in [2.75, 3.05) is 5.73 Å². The minimum absolute atomic E-state index is 0.0250. The highest BCUT2D eigenvalue weighted by Crippen LogP contribution is 2.16. The predicted molar refractivity (Wildman–Crippen MR) is 114 cm³/mol. The molecular formula is C24H22FN3O2. The maximum Gasteiger partial charge on any atom is 0.168 e. The number of benzene rings is 1. The molecule has 0 radical (unpaired) electrons. The molecule has 0 unspecified atom stereocenters. The van der Waals surface area contributed by atoms with Crippen LogP contribution >= 0.6 is 0 Å². The second kappa shape index (κ2) is 9.69. The van der Waals surface area contributed by atoms with Gasteiger partial charge in [-0.05, 0) is 48.4 Å². The molecule has 3 aromatic rings. The quantitative estimate of drug-likeness (QED) is 0.451. The molecule has 0 saturated carbocycles. The summed E-state index contributed by atoms with van der Waals surface area (Å²) >= 11 is 0. The van der Waals surface area contributed by atoms with Gasteiger partial charge in [0.2, 0.25) is 0 Å². The molecule has 0 saturated heterocycles. The molecule has 1 aromatic carbocycles. The van der Waals surface area contributed by atoms with Crippen LogP contribution in [-0.2, 0) is 17.6 Å². The van der Waals surface area contributed by atoms with Crippen molar-refractivity contribution in [3.05, 3.63) is 94.8 Å². The number of nitrogens with zero attached hydrogens (tertiary/aromatic N) is 2. The summed E-state index contributed by atoms with van der Waals surface area (Å²) in [5, 5.41) is 0. The van der Waals surface area contributed by atoms with Gasteiger partial charge in [0.25, 0.3) is 0 Å².